The lowest BCUT2D eigenvalue weighted by Crippen LogP contribution is -2.39. The van der Waals surface area contributed by atoms with E-state index in [0.717, 1.165) is 83.9 Å². The molecule has 186 valence electrons. The number of imidazole rings is 1. The van der Waals surface area contributed by atoms with Crippen molar-refractivity contribution in [1.82, 2.24) is 24.7 Å². The second-order valence-corrected chi connectivity index (χ2v) is 9.62. The minimum atomic E-state index is 0.572. The highest BCUT2D eigenvalue weighted by molar-refractivity contribution is 7.97. The predicted molar refractivity (Wildman–Crippen MR) is 139 cm³/mol. The molecule has 0 radical (unpaired) electrons. The number of aromatic amines is 1. The van der Waals surface area contributed by atoms with Gasteiger partial charge >= 0.3 is 0 Å². The lowest BCUT2D eigenvalue weighted by Gasteiger charge is -2.26. The summed E-state index contributed by atoms with van der Waals surface area (Å²) in [6.07, 6.45) is 5.11. The molecular weight excluding hydrogens is 448 g/mol. The monoisotopic (exact) mass is 486 g/mol. The fourth-order valence-electron chi connectivity index (χ4n) is 4.63. The molecule has 0 atom stereocenters. The predicted octanol–water partition coefficient (Wildman–Crippen LogP) is 5.14. The van der Waals surface area contributed by atoms with Crippen molar-refractivity contribution in [3.05, 3.63) is 23.6 Å². The van der Waals surface area contributed by atoms with E-state index in [4.69, 9.17) is 14.2 Å². The summed E-state index contributed by atoms with van der Waals surface area (Å²) in [5.74, 6) is 1.65. The fourth-order valence-corrected chi connectivity index (χ4v) is 5.60. The van der Waals surface area contributed by atoms with Gasteiger partial charge in [-0.1, -0.05) is 31.8 Å². The molecule has 1 aromatic carbocycles. The smallest absolute Gasteiger partial charge is 0.201 e. The molecule has 0 amide bonds. The number of benzene rings is 1. The van der Waals surface area contributed by atoms with Crippen molar-refractivity contribution < 1.29 is 9.26 Å². The molecule has 0 spiro atoms. The Bertz CT molecular complexity index is 1030. The number of fused-ring (bicyclic) bond motifs is 1. The van der Waals surface area contributed by atoms with E-state index in [2.05, 4.69) is 37.2 Å². The van der Waals surface area contributed by atoms with Crippen LogP contribution >= 0.6 is 11.9 Å². The quantitative estimate of drug-likeness (QED) is 0.377. The van der Waals surface area contributed by atoms with E-state index < -0.39 is 0 Å². The minimum Gasteiger partial charge on any atom is -0.379 e. The molecule has 1 saturated carbocycles. The average molecular weight is 487 g/mol. The molecule has 1 saturated heterocycles. The number of anilines is 1. The summed E-state index contributed by atoms with van der Waals surface area (Å²) in [6.45, 7) is 13.4. The van der Waals surface area contributed by atoms with Crippen molar-refractivity contribution in [2.45, 2.75) is 64.3 Å². The van der Waals surface area contributed by atoms with Gasteiger partial charge in [-0.3, -0.25) is 9.62 Å². The first-order valence-electron chi connectivity index (χ1n) is 12.6. The average Bonchev–Trinajstić information content (AvgIpc) is 3.60. The van der Waals surface area contributed by atoms with Gasteiger partial charge in [0, 0.05) is 37.8 Å². The molecular formula is C25H38N6O2S. The van der Waals surface area contributed by atoms with Crippen LogP contribution in [-0.4, -0.2) is 65.5 Å². The maximum absolute atomic E-state index is 5.44. The number of ether oxygens (including phenoxy) is 1. The van der Waals surface area contributed by atoms with Crippen LogP contribution in [-0.2, 0) is 4.74 Å². The Morgan fingerprint density at radius 1 is 1.15 bits per heavy atom. The van der Waals surface area contributed by atoms with Crippen LogP contribution in [0, 0.1) is 13.8 Å². The first-order chi connectivity index (χ1) is 16.7. The molecule has 3 aromatic rings. The molecule has 2 aromatic heterocycles. The molecule has 0 bridgehead atoms. The zero-order valence-electron chi connectivity index (χ0n) is 20.9. The Labute approximate surface area is 206 Å². The van der Waals surface area contributed by atoms with E-state index in [1.165, 1.54) is 25.7 Å². The molecule has 3 heterocycles. The van der Waals surface area contributed by atoms with E-state index in [0.29, 0.717) is 6.04 Å². The van der Waals surface area contributed by atoms with E-state index in [1.807, 2.05) is 27.7 Å². The Morgan fingerprint density at radius 2 is 1.91 bits per heavy atom. The van der Waals surface area contributed by atoms with Gasteiger partial charge in [-0.2, -0.15) is 0 Å². The van der Waals surface area contributed by atoms with Crippen LogP contribution < -0.4 is 10.0 Å². The summed E-state index contributed by atoms with van der Waals surface area (Å²) in [6, 6.07) is 4.93. The van der Waals surface area contributed by atoms with E-state index in [1.54, 1.807) is 11.9 Å². The maximum Gasteiger partial charge on any atom is 0.201 e. The molecule has 9 heteroatoms. The lowest BCUT2D eigenvalue weighted by atomic mass is 10.0. The SMILES string of the molecule is CC.Cc1noc(C)c1-c1cc(SNC2CCCC2)c2nc(NCCN3CCOCC3)[nH]c2c1. The lowest BCUT2D eigenvalue weighted by molar-refractivity contribution is 0.0398. The number of H-pyrrole nitrogens is 1. The molecule has 2 fully saturated rings. The number of aromatic nitrogens is 3. The molecule has 0 unspecified atom stereocenters. The standard InChI is InChI=1S/C23H32N6O2S.C2H6/c1-15-21(16(2)31-27-15)17-13-19-22(20(14-17)32-28-18-5-3-4-6-18)26-23(25-19)24-7-8-29-9-11-30-12-10-29;1-2/h13-14,18,28H,3-12H2,1-2H3,(H2,24,25,26);1-2H3. The summed E-state index contributed by atoms with van der Waals surface area (Å²) in [5.41, 5.74) is 5.08. The third-order valence-corrected chi connectivity index (χ3v) is 7.37. The van der Waals surface area contributed by atoms with Gasteiger partial charge in [-0.05, 0) is 56.3 Å². The summed E-state index contributed by atoms with van der Waals surface area (Å²) >= 11 is 1.70. The molecule has 34 heavy (non-hydrogen) atoms. The summed E-state index contributed by atoms with van der Waals surface area (Å²) in [4.78, 5) is 11.9. The zero-order valence-corrected chi connectivity index (χ0v) is 21.7. The van der Waals surface area contributed by atoms with E-state index in [9.17, 15) is 0 Å². The van der Waals surface area contributed by atoms with Crippen molar-refractivity contribution in [3.63, 3.8) is 0 Å². The van der Waals surface area contributed by atoms with Crippen molar-refractivity contribution in [1.29, 1.82) is 0 Å². The highest BCUT2D eigenvalue weighted by atomic mass is 32.2. The molecule has 1 aliphatic carbocycles. The van der Waals surface area contributed by atoms with Crippen LogP contribution in [0.15, 0.2) is 21.6 Å². The second kappa shape index (κ2) is 12.1. The number of aryl methyl sites for hydroxylation is 2. The van der Waals surface area contributed by atoms with Gasteiger partial charge in [0.1, 0.15) is 11.3 Å². The number of nitrogens with zero attached hydrogens (tertiary/aromatic N) is 3. The molecule has 8 nitrogen and oxygen atoms in total. The van der Waals surface area contributed by atoms with Crippen molar-refractivity contribution >= 4 is 28.9 Å². The first-order valence-corrected chi connectivity index (χ1v) is 13.4. The van der Waals surface area contributed by atoms with Gasteiger partial charge in [0.2, 0.25) is 5.95 Å². The van der Waals surface area contributed by atoms with E-state index in [-0.39, 0.29) is 0 Å². The maximum atomic E-state index is 5.44. The normalized spacial score (nSPS) is 17.2. The highest BCUT2D eigenvalue weighted by Gasteiger charge is 2.19. The Kier molecular flexibility index (Phi) is 8.88. The molecule has 1 aliphatic heterocycles. The molecule has 5 rings (SSSR count). The Hall–Kier alpha value is -2.07. The summed E-state index contributed by atoms with van der Waals surface area (Å²) in [7, 11) is 0. The van der Waals surface area contributed by atoms with Gasteiger partial charge in [-0.25, -0.2) is 4.98 Å². The number of hydrogen-bond acceptors (Lipinski definition) is 8. The second-order valence-electron chi connectivity index (χ2n) is 8.74. The summed E-state index contributed by atoms with van der Waals surface area (Å²) < 4.78 is 14.5. The van der Waals surface area contributed by atoms with Crippen molar-refractivity contribution in [3.8, 4) is 11.1 Å². The Morgan fingerprint density at radius 3 is 2.62 bits per heavy atom. The number of rotatable bonds is 8. The van der Waals surface area contributed by atoms with Crippen LogP contribution in [0.25, 0.3) is 22.2 Å². The van der Waals surface area contributed by atoms with Gasteiger partial charge in [0.25, 0.3) is 0 Å². The fraction of sp³-hybridized carbons (Fsp3) is 0.600. The van der Waals surface area contributed by atoms with Crippen LogP contribution in [0.1, 0.15) is 51.0 Å². The van der Waals surface area contributed by atoms with Gasteiger partial charge in [-0.15, -0.1) is 0 Å². The Balaban J connectivity index is 0.00000133. The van der Waals surface area contributed by atoms with Crippen LogP contribution in [0.4, 0.5) is 5.95 Å². The molecule has 2 aliphatic rings. The third-order valence-electron chi connectivity index (χ3n) is 6.39. The largest absolute Gasteiger partial charge is 0.379 e. The first kappa shape index (κ1) is 25.0. The van der Waals surface area contributed by atoms with Crippen molar-refractivity contribution in [2.75, 3.05) is 44.7 Å². The zero-order chi connectivity index (χ0) is 23.9. The van der Waals surface area contributed by atoms with Gasteiger partial charge in [0.05, 0.1) is 29.3 Å². The molecule has 3 N–H and O–H groups in total. The minimum absolute atomic E-state index is 0.572. The van der Waals surface area contributed by atoms with Gasteiger partial charge < -0.3 is 19.6 Å². The van der Waals surface area contributed by atoms with Crippen molar-refractivity contribution in [2.24, 2.45) is 0 Å². The van der Waals surface area contributed by atoms with Crippen LogP contribution in [0.3, 0.4) is 0 Å². The number of nitrogens with one attached hydrogen (secondary N) is 3. The number of hydrogen-bond donors (Lipinski definition) is 3. The van der Waals surface area contributed by atoms with Gasteiger partial charge in [0.15, 0.2) is 0 Å². The van der Waals surface area contributed by atoms with Crippen LogP contribution in [0.2, 0.25) is 0 Å². The number of morpholine rings is 1. The van der Waals surface area contributed by atoms with Crippen LogP contribution in [0.5, 0.6) is 0 Å². The topological polar surface area (TPSA) is 91.2 Å². The summed E-state index contributed by atoms with van der Waals surface area (Å²) in [5, 5.41) is 7.63. The van der Waals surface area contributed by atoms with E-state index >= 15 is 0 Å². The highest BCUT2D eigenvalue weighted by Crippen LogP contribution is 2.35. The third kappa shape index (κ3) is 5.94.